The van der Waals surface area contributed by atoms with Crippen LogP contribution in [0.1, 0.15) is 78.1 Å². The zero-order valence-corrected chi connectivity index (χ0v) is 16.4. The first-order valence-electron chi connectivity index (χ1n) is 9.67. The second-order valence-corrected chi connectivity index (χ2v) is 8.36. The van der Waals surface area contributed by atoms with Crippen LogP contribution in [0.25, 0.3) is 0 Å². The van der Waals surface area contributed by atoms with Crippen LogP contribution in [-0.2, 0) is 13.6 Å². The minimum Gasteiger partial charge on any atom is -0.305 e. The molecule has 0 spiro atoms. The highest BCUT2D eigenvalue weighted by molar-refractivity contribution is 7.62. The van der Waals surface area contributed by atoms with Crippen molar-refractivity contribution in [1.29, 1.82) is 0 Å². The Hall–Kier alpha value is -0.630. The average Bonchev–Trinajstić information content (AvgIpc) is 2.62. The van der Waals surface area contributed by atoms with Crippen molar-refractivity contribution in [3.63, 3.8) is 0 Å². The number of rotatable bonds is 15. The maximum Gasteiger partial charge on any atom is 0.361 e. The van der Waals surface area contributed by atoms with Gasteiger partial charge in [0.1, 0.15) is 0 Å². The largest absolute Gasteiger partial charge is 0.361 e. The Morgan fingerprint density at radius 2 is 1.17 bits per heavy atom. The zero-order valence-electron chi connectivity index (χ0n) is 15.5. The van der Waals surface area contributed by atoms with Gasteiger partial charge in [-0.15, -0.1) is 0 Å². The molecule has 0 heterocycles. The van der Waals surface area contributed by atoms with Gasteiger partial charge in [0, 0.05) is 0 Å². The first-order valence-corrected chi connectivity index (χ1v) is 11.2. The Balaban J connectivity index is 2.43. The molecule has 0 aliphatic rings. The summed E-state index contributed by atoms with van der Waals surface area (Å²) in [5.41, 5.74) is 0. The molecule has 1 aromatic carbocycles. The Morgan fingerprint density at radius 1 is 0.708 bits per heavy atom. The van der Waals surface area contributed by atoms with Gasteiger partial charge in [-0.1, -0.05) is 83.4 Å². The molecular formula is C20H35O3P. The van der Waals surface area contributed by atoms with E-state index in [1.54, 1.807) is 0 Å². The lowest BCUT2D eigenvalue weighted by Crippen LogP contribution is -2.11. The molecule has 24 heavy (non-hydrogen) atoms. The molecule has 0 bridgehead atoms. The molecule has 0 amide bonds. The van der Waals surface area contributed by atoms with Gasteiger partial charge in [-0.05, 0) is 25.0 Å². The number of benzene rings is 1. The van der Waals surface area contributed by atoms with E-state index in [0.717, 1.165) is 25.7 Å². The highest BCUT2D eigenvalue weighted by atomic mass is 31.2. The summed E-state index contributed by atoms with van der Waals surface area (Å²) in [6, 6.07) is 9.38. The molecule has 4 heteroatoms. The monoisotopic (exact) mass is 354 g/mol. The highest BCUT2D eigenvalue weighted by Crippen LogP contribution is 2.47. The van der Waals surface area contributed by atoms with Crippen LogP contribution in [0.15, 0.2) is 30.3 Å². The lowest BCUT2D eigenvalue weighted by Gasteiger charge is -2.19. The van der Waals surface area contributed by atoms with Crippen LogP contribution in [0.4, 0.5) is 0 Å². The lowest BCUT2D eigenvalue weighted by molar-refractivity contribution is 0.206. The topological polar surface area (TPSA) is 35.5 Å². The summed E-state index contributed by atoms with van der Waals surface area (Å²) in [7, 11) is -3.18. The van der Waals surface area contributed by atoms with Crippen LogP contribution in [0.3, 0.4) is 0 Å². The molecule has 1 aromatic rings. The van der Waals surface area contributed by atoms with E-state index in [0.29, 0.717) is 18.5 Å². The van der Waals surface area contributed by atoms with Gasteiger partial charge >= 0.3 is 7.60 Å². The molecule has 3 nitrogen and oxygen atoms in total. The Morgan fingerprint density at radius 3 is 1.62 bits per heavy atom. The minimum absolute atomic E-state index is 0.506. The number of hydrogen-bond acceptors (Lipinski definition) is 3. The van der Waals surface area contributed by atoms with E-state index in [1.165, 1.54) is 38.5 Å². The molecule has 0 saturated carbocycles. The smallest absolute Gasteiger partial charge is 0.305 e. The summed E-state index contributed by atoms with van der Waals surface area (Å²) in [5.74, 6) is 0. The molecule has 1 rings (SSSR count). The molecule has 138 valence electrons. The van der Waals surface area contributed by atoms with Gasteiger partial charge in [0.05, 0.1) is 18.5 Å². The van der Waals surface area contributed by atoms with Crippen LogP contribution < -0.4 is 5.30 Å². The molecule has 0 unspecified atom stereocenters. The predicted molar refractivity (Wildman–Crippen MR) is 103 cm³/mol. The van der Waals surface area contributed by atoms with E-state index in [4.69, 9.17) is 9.05 Å². The van der Waals surface area contributed by atoms with Gasteiger partial charge < -0.3 is 9.05 Å². The number of hydrogen-bond donors (Lipinski definition) is 0. The fourth-order valence-corrected chi connectivity index (χ4v) is 4.23. The summed E-state index contributed by atoms with van der Waals surface area (Å²) < 4.78 is 24.7. The number of unbranched alkanes of at least 4 members (excludes halogenated alkanes) is 8. The third-order valence-electron chi connectivity index (χ3n) is 4.09. The molecule has 0 aliphatic heterocycles. The van der Waals surface area contributed by atoms with Gasteiger partial charge in [0.15, 0.2) is 0 Å². The van der Waals surface area contributed by atoms with Crippen molar-refractivity contribution in [2.75, 3.05) is 13.2 Å². The van der Waals surface area contributed by atoms with Gasteiger partial charge in [-0.2, -0.15) is 0 Å². The highest BCUT2D eigenvalue weighted by Gasteiger charge is 2.26. The van der Waals surface area contributed by atoms with Crippen molar-refractivity contribution in [3.05, 3.63) is 30.3 Å². The lowest BCUT2D eigenvalue weighted by atomic mass is 10.2. The van der Waals surface area contributed by atoms with Crippen LogP contribution in [-0.4, -0.2) is 13.2 Å². The fourth-order valence-electron chi connectivity index (χ4n) is 2.58. The van der Waals surface area contributed by atoms with Crippen molar-refractivity contribution >= 4 is 12.9 Å². The van der Waals surface area contributed by atoms with E-state index in [2.05, 4.69) is 13.8 Å². The molecule has 0 aromatic heterocycles. The first-order chi connectivity index (χ1) is 11.7. The normalized spacial score (nSPS) is 11.8. The molecule has 0 saturated heterocycles. The SMILES string of the molecule is CCCCCCCOP(=O)(OCCCCCCC)c1ccccc1. The van der Waals surface area contributed by atoms with Gasteiger partial charge in [0.25, 0.3) is 0 Å². The Bertz CT molecular complexity index is 427. The molecule has 0 fully saturated rings. The minimum atomic E-state index is -3.18. The zero-order chi connectivity index (χ0) is 17.5. The van der Waals surface area contributed by atoms with E-state index >= 15 is 0 Å². The molecule has 0 atom stereocenters. The maximum atomic E-state index is 13.1. The van der Waals surface area contributed by atoms with Crippen molar-refractivity contribution in [2.45, 2.75) is 78.1 Å². The van der Waals surface area contributed by atoms with Crippen molar-refractivity contribution in [1.82, 2.24) is 0 Å². The van der Waals surface area contributed by atoms with Crippen molar-refractivity contribution in [2.24, 2.45) is 0 Å². The molecular weight excluding hydrogens is 319 g/mol. The third kappa shape index (κ3) is 9.01. The van der Waals surface area contributed by atoms with E-state index in [1.807, 2.05) is 30.3 Å². The summed E-state index contributed by atoms with van der Waals surface area (Å²) in [5, 5.41) is 0.673. The van der Waals surface area contributed by atoms with Crippen LogP contribution in [0, 0.1) is 0 Å². The van der Waals surface area contributed by atoms with Gasteiger partial charge in [-0.25, -0.2) is 0 Å². The third-order valence-corrected chi connectivity index (χ3v) is 6.07. The molecule has 0 N–H and O–H groups in total. The van der Waals surface area contributed by atoms with E-state index in [-0.39, 0.29) is 0 Å². The van der Waals surface area contributed by atoms with Crippen LogP contribution >= 0.6 is 7.60 Å². The van der Waals surface area contributed by atoms with Crippen LogP contribution in [0.2, 0.25) is 0 Å². The van der Waals surface area contributed by atoms with Crippen LogP contribution in [0.5, 0.6) is 0 Å². The average molecular weight is 354 g/mol. The maximum absolute atomic E-state index is 13.1. The van der Waals surface area contributed by atoms with E-state index in [9.17, 15) is 4.57 Å². The summed E-state index contributed by atoms with van der Waals surface area (Å²) >= 11 is 0. The molecule has 0 radical (unpaired) electrons. The quantitative estimate of drug-likeness (QED) is 0.267. The second-order valence-electron chi connectivity index (χ2n) is 6.33. The fraction of sp³-hybridized carbons (Fsp3) is 0.700. The second kappa shape index (κ2) is 13.6. The van der Waals surface area contributed by atoms with E-state index < -0.39 is 7.60 Å². The van der Waals surface area contributed by atoms with Gasteiger partial charge in [0.2, 0.25) is 0 Å². The summed E-state index contributed by atoms with van der Waals surface area (Å²) in [6.07, 6.45) is 11.5. The Kier molecular flexibility index (Phi) is 12.2. The molecule has 0 aliphatic carbocycles. The predicted octanol–water partition coefficient (Wildman–Crippen LogP) is 6.48. The summed E-state index contributed by atoms with van der Waals surface area (Å²) in [6.45, 7) is 5.42. The van der Waals surface area contributed by atoms with Crippen molar-refractivity contribution < 1.29 is 13.6 Å². The van der Waals surface area contributed by atoms with Gasteiger partial charge in [-0.3, -0.25) is 4.57 Å². The first kappa shape index (κ1) is 21.4. The Labute approximate surface area is 148 Å². The van der Waals surface area contributed by atoms with Crippen molar-refractivity contribution in [3.8, 4) is 0 Å². The standard InChI is InChI=1S/C20H35O3P/c1-3-5-7-9-14-18-22-24(21,20-16-12-11-13-17-20)23-19-15-10-8-6-4-2/h11-13,16-17H,3-10,14-15,18-19H2,1-2H3. The summed E-state index contributed by atoms with van der Waals surface area (Å²) in [4.78, 5) is 0.